The van der Waals surface area contributed by atoms with Gasteiger partial charge in [-0.15, -0.1) is 0 Å². The Bertz CT molecular complexity index is 760. The lowest BCUT2D eigenvalue weighted by atomic mass is 9.47. The molecule has 158 valence electrons. The van der Waals surface area contributed by atoms with Gasteiger partial charge in [0.2, 0.25) is 0 Å². The Balaban J connectivity index is 1.27. The molecule has 0 heterocycles. The van der Waals surface area contributed by atoms with Crippen molar-refractivity contribution in [3.05, 3.63) is 29.8 Å². The second-order valence-electron chi connectivity index (χ2n) is 9.56. The number of hydrogen-bond acceptors (Lipinski definition) is 5. The zero-order valence-electron chi connectivity index (χ0n) is 17.3. The van der Waals surface area contributed by atoms with Gasteiger partial charge in [-0.2, -0.15) is 0 Å². The number of nitrogens with one attached hydrogen (secondary N) is 1. The fourth-order valence-corrected chi connectivity index (χ4v) is 6.28. The third-order valence-corrected chi connectivity index (χ3v) is 6.97. The average Bonchev–Trinajstić information content (AvgIpc) is 2.63. The van der Waals surface area contributed by atoms with Crippen molar-refractivity contribution in [2.24, 2.45) is 17.3 Å². The highest BCUT2D eigenvalue weighted by molar-refractivity contribution is 5.83. The van der Waals surface area contributed by atoms with E-state index in [9.17, 15) is 14.7 Å². The highest BCUT2D eigenvalue weighted by Gasteiger charge is 2.57. The molecule has 4 aliphatic rings. The second-order valence-corrected chi connectivity index (χ2v) is 9.56. The van der Waals surface area contributed by atoms with Crippen molar-refractivity contribution in [1.29, 1.82) is 0 Å². The lowest BCUT2D eigenvalue weighted by Gasteiger charge is -2.60. The summed E-state index contributed by atoms with van der Waals surface area (Å²) in [5.41, 5.74) is 0.209. The number of amides is 1. The summed E-state index contributed by atoms with van der Waals surface area (Å²) in [5, 5.41) is 13.6. The van der Waals surface area contributed by atoms with Crippen LogP contribution in [0.25, 0.3) is 0 Å². The van der Waals surface area contributed by atoms with Crippen LogP contribution in [0.3, 0.4) is 0 Å². The normalized spacial score (nSPS) is 33.2. The summed E-state index contributed by atoms with van der Waals surface area (Å²) in [6, 6.07) is 7.44. The molecule has 0 saturated heterocycles. The molecule has 1 amide bonds. The van der Waals surface area contributed by atoms with Crippen molar-refractivity contribution < 1.29 is 24.2 Å². The highest BCUT2D eigenvalue weighted by atomic mass is 16.5. The van der Waals surface area contributed by atoms with Crippen molar-refractivity contribution in [2.45, 2.75) is 70.1 Å². The number of ether oxygens (including phenoxy) is 2. The van der Waals surface area contributed by atoms with Gasteiger partial charge < -0.3 is 19.9 Å². The standard InChI is InChI=1S/C23H31NO5/c1-15(21(26)24-13-16-3-5-19(28-2)6-4-16)29-20(25)12-22-8-17-7-18(9-22)11-23(27,10-17)14-22/h3-6,15,17-18,27H,7-14H2,1-2H3,(H,24,26)/t15-,17-,18+,22?,23?/m1/s1. The number of carbonyl (C=O) groups is 2. The number of benzene rings is 1. The molecule has 4 bridgehead atoms. The van der Waals surface area contributed by atoms with Gasteiger partial charge in [0, 0.05) is 6.54 Å². The maximum Gasteiger partial charge on any atom is 0.307 e. The van der Waals surface area contributed by atoms with Crippen LogP contribution in [-0.2, 0) is 20.9 Å². The molecule has 29 heavy (non-hydrogen) atoms. The highest BCUT2D eigenvalue weighted by Crippen LogP contribution is 2.62. The SMILES string of the molecule is COc1ccc(CNC(=O)[C@@H](C)OC(=O)CC23C[C@@H]4C[C@@H](CC(O)(C4)C2)C3)cc1. The monoisotopic (exact) mass is 401 g/mol. The predicted molar refractivity (Wildman–Crippen MR) is 107 cm³/mol. The van der Waals surface area contributed by atoms with E-state index in [1.54, 1.807) is 14.0 Å². The fraction of sp³-hybridized carbons (Fsp3) is 0.652. The molecule has 4 aliphatic carbocycles. The first-order valence-corrected chi connectivity index (χ1v) is 10.6. The summed E-state index contributed by atoms with van der Waals surface area (Å²) < 4.78 is 10.6. The number of esters is 1. The van der Waals surface area contributed by atoms with Gasteiger partial charge in [0.15, 0.2) is 6.10 Å². The maximum absolute atomic E-state index is 12.6. The average molecular weight is 402 g/mol. The van der Waals surface area contributed by atoms with Crippen LogP contribution in [-0.4, -0.2) is 35.8 Å². The number of carbonyl (C=O) groups excluding carboxylic acids is 2. The lowest BCUT2D eigenvalue weighted by Crippen LogP contribution is -2.56. The minimum absolute atomic E-state index is 0.144. The molecule has 0 radical (unpaired) electrons. The van der Waals surface area contributed by atoms with Crippen LogP contribution in [0.4, 0.5) is 0 Å². The van der Waals surface area contributed by atoms with E-state index in [1.807, 2.05) is 24.3 Å². The van der Waals surface area contributed by atoms with E-state index in [1.165, 1.54) is 6.42 Å². The largest absolute Gasteiger partial charge is 0.497 e. The molecule has 0 spiro atoms. The van der Waals surface area contributed by atoms with Crippen molar-refractivity contribution in [3.8, 4) is 5.75 Å². The van der Waals surface area contributed by atoms with Crippen LogP contribution in [0.2, 0.25) is 0 Å². The molecule has 5 atom stereocenters. The van der Waals surface area contributed by atoms with Crippen LogP contribution in [0.5, 0.6) is 5.75 Å². The van der Waals surface area contributed by atoms with E-state index in [0.717, 1.165) is 37.0 Å². The smallest absolute Gasteiger partial charge is 0.307 e. The first-order chi connectivity index (χ1) is 13.8. The number of methoxy groups -OCH3 is 1. The van der Waals surface area contributed by atoms with Crippen molar-refractivity contribution >= 4 is 11.9 Å². The summed E-state index contributed by atoms with van der Waals surface area (Å²) >= 11 is 0. The molecular formula is C23H31NO5. The van der Waals surface area contributed by atoms with E-state index >= 15 is 0 Å². The summed E-state index contributed by atoms with van der Waals surface area (Å²) in [6.45, 7) is 1.97. The van der Waals surface area contributed by atoms with Crippen LogP contribution >= 0.6 is 0 Å². The zero-order valence-corrected chi connectivity index (χ0v) is 17.3. The quantitative estimate of drug-likeness (QED) is 0.686. The van der Waals surface area contributed by atoms with Crippen LogP contribution < -0.4 is 10.1 Å². The summed E-state index contributed by atoms with van der Waals surface area (Å²) in [4.78, 5) is 24.9. The number of aliphatic hydroxyl groups is 1. The Morgan fingerprint density at radius 2 is 1.83 bits per heavy atom. The molecule has 4 fully saturated rings. The molecule has 4 saturated carbocycles. The summed E-state index contributed by atoms with van der Waals surface area (Å²) in [7, 11) is 1.61. The Labute approximate surface area is 172 Å². The van der Waals surface area contributed by atoms with Crippen molar-refractivity contribution in [1.82, 2.24) is 5.32 Å². The zero-order chi connectivity index (χ0) is 20.6. The van der Waals surface area contributed by atoms with Crippen LogP contribution in [0, 0.1) is 17.3 Å². The Morgan fingerprint density at radius 3 is 2.41 bits per heavy atom. The van der Waals surface area contributed by atoms with Gasteiger partial charge in [0.1, 0.15) is 5.75 Å². The van der Waals surface area contributed by atoms with E-state index in [4.69, 9.17) is 9.47 Å². The predicted octanol–water partition coefficient (Wildman–Crippen LogP) is 2.96. The Morgan fingerprint density at radius 1 is 1.17 bits per heavy atom. The minimum atomic E-state index is -0.835. The molecule has 0 aliphatic heterocycles. The third kappa shape index (κ3) is 4.42. The second kappa shape index (κ2) is 7.63. The topological polar surface area (TPSA) is 84.9 Å². The molecule has 5 rings (SSSR count). The third-order valence-electron chi connectivity index (χ3n) is 6.97. The van der Waals surface area contributed by atoms with Gasteiger partial charge in [0.05, 0.1) is 19.1 Å². The molecule has 6 nitrogen and oxygen atoms in total. The van der Waals surface area contributed by atoms with Gasteiger partial charge in [0.25, 0.3) is 5.91 Å². The summed E-state index contributed by atoms with van der Waals surface area (Å²) in [6.07, 6.45) is 5.10. The Kier molecular flexibility index (Phi) is 5.32. The molecule has 6 heteroatoms. The molecule has 2 unspecified atom stereocenters. The fourth-order valence-electron chi connectivity index (χ4n) is 6.28. The molecular weight excluding hydrogens is 370 g/mol. The van der Waals surface area contributed by atoms with Crippen molar-refractivity contribution in [3.63, 3.8) is 0 Å². The molecule has 2 N–H and O–H groups in total. The Hall–Kier alpha value is -2.08. The molecule has 1 aromatic carbocycles. The van der Waals surface area contributed by atoms with Gasteiger partial charge in [-0.3, -0.25) is 9.59 Å². The van der Waals surface area contributed by atoms with Gasteiger partial charge in [-0.05, 0) is 80.4 Å². The van der Waals surface area contributed by atoms with E-state index in [0.29, 0.717) is 31.2 Å². The summed E-state index contributed by atoms with van der Waals surface area (Å²) in [5.74, 6) is 1.18. The minimum Gasteiger partial charge on any atom is -0.497 e. The maximum atomic E-state index is 12.6. The van der Waals surface area contributed by atoms with Gasteiger partial charge in [-0.1, -0.05) is 12.1 Å². The number of rotatable bonds is 7. The molecule has 1 aromatic rings. The van der Waals surface area contributed by atoms with E-state index in [-0.39, 0.29) is 17.3 Å². The van der Waals surface area contributed by atoms with E-state index < -0.39 is 11.7 Å². The van der Waals surface area contributed by atoms with E-state index in [2.05, 4.69) is 5.32 Å². The molecule has 0 aromatic heterocycles. The first kappa shape index (κ1) is 20.2. The first-order valence-electron chi connectivity index (χ1n) is 10.6. The lowest BCUT2D eigenvalue weighted by molar-refractivity contribution is -0.180. The van der Waals surface area contributed by atoms with Gasteiger partial charge in [-0.25, -0.2) is 0 Å². The van der Waals surface area contributed by atoms with Crippen LogP contribution in [0.1, 0.15) is 57.4 Å². The van der Waals surface area contributed by atoms with Crippen LogP contribution in [0.15, 0.2) is 24.3 Å². The number of hydrogen-bond donors (Lipinski definition) is 2. The van der Waals surface area contributed by atoms with Gasteiger partial charge >= 0.3 is 5.97 Å². The van der Waals surface area contributed by atoms with Crippen molar-refractivity contribution in [2.75, 3.05) is 7.11 Å².